The summed E-state index contributed by atoms with van der Waals surface area (Å²) in [5, 5.41) is 1.000. The molecule has 0 atom stereocenters. The zero-order chi connectivity index (χ0) is 15.4. The Morgan fingerprint density at radius 1 is 1.14 bits per heavy atom. The number of hydrogen-bond donors (Lipinski definition) is 1. The van der Waals surface area contributed by atoms with Gasteiger partial charge in [-0.3, -0.25) is 0 Å². The molecular formula is C16H16Cl2FNO. The second-order valence-electron chi connectivity index (χ2n) is 4.77. The number of rotatable bonds is 5. The molecule has 112 valence electrons. The molecule has 5 heteroatoms. The molecule has 0 amide bonds. The molecule has 0 aromatic heterocycles. The molecule has 21 heavy (non-hydrogen) atoms. The summed E-state index contributed by atoms with van der Waals surface area (Å²) in [7, 11) is 0. The Labute approximate surface area is 133 Å². The third-order valence-electron chi connectivity index (χ3n) is 3.18. The first kappa shape index (κ1) is 16.1. The van der Waals surface area contributed by atoms with Crippen LogP contribution in [0.2, 0.25) is 10.0 Å². The minimum atomic E-state index is -0.260. The van der Waals surface area contributed by atoms with Gasteiger partial charge in [0.1, 0.15) is 18.2 Å². The van der Waals surface area contributed by atoms with Crippen LogP contribution >= 0.6 is 23.2 Å². The molecule has 0 saturated heterocycles. The van der Waals surface area contributed by atoms with E-state index in [2.05, 4.69) is 0 Å². The van der Waals surface area contributed by atoms with Crippen molar-refractivity contribution in [2.24, 2.45) is 5.73 Å². The van der Waals surface area contributed by atoms with Crippen molar-refractivity contribution in [3.8, 4) is 5.75 Å². The van der Waals surface area contributed by atoms with Gasteiger partial charge in [0.2, 0.25) is 0 Å². The Morgan fingerprint density at radius 2 is 1.90 bits per heavy atom. The average Bonchev–Trinajstić information content (AvgIpc) is 2.40. The summed E-state index contributed by atoms with van der Waals surface area (Å²) in [6, 6.07) is 8.03. The van der Waals surface area contributed by atoms with Crippen LogP contribution in [0.3, 0.4) is 0 Å². The first-order valence-electron chi connectivity index (χ1n) is 6.57. The smallest absolute Gasteiger partial charge is 0.141 e. The van der Waals surface area contributed by atoms with E-state index < -0.39 is 0 Å². The van der Waals surface area contributed by atoms with E-state index in [0.29, 0.717) is 35.4 Å². The van der Waals surface area contributed by atoms with E-state index in [-0.39, 0.29) is 5.82 Å². The van der Waals surface area contributed by atoms with Gasteiger partial charge in [0.15, 0.2) is 0 Å². The topological polar surface area (TPSA) is 35.2 Å². The molecule has 0 heterocycles. The van der Waals surface area contributed by atoms with Gasteiger partial charge in [-0.15, -0.1) is 0 Å². The first-order valence-corrected chi connectivity index (χ1v) is 7.32. The van der Waals surface area contributed by atoms with Gasteiger partial charge in [-0.05, 0) is 60.8 Å². The summed E-state index contributed by atoms with van der Waals surface area (Å²) < 4.78 is 18.9. The molecule has 2 aromatic carbocycles. The van der Waals surface area contributed by atoms with E-state index >= 15 is 0 Å². The predicted molar refractivity (Wildman–Crippen MR) is 84.7 cm³/mol. The SMILES string of the molecule is Cc1cc(F)ccc1COc1c(Cl)cc(Cl)cc1CCN. The molecular weight excluding hydrogens is 312 g/mol. The molecule has 0 aliphatic carbocycles. The second-order valence-corrected chi connectivity index (χ2v) is 5.62. The van der Waals surface area contributed by atoms with Crippen molar-refractivity contribution >= 4 is 23.2 Å². The average molecular weight is 328 g/mol. The Balaban J connectivity index is 2.23. The molecule has 0 unspecified atom stereocenters. The van der Waals surface area contributed by atoms with Crippen LogP contribution in [0.25, 0.3) is 0 Å². The molecule has 2 nitrogen and oxygen atoms in total. The quantitative estimate of drug-likeness (QED) is 0.876. The maximum Gasteiger partial charge on any atom is 0.141 e. The van der Waals surface area contributed by atoms with Crippen molar-refractivity contribution in [3.63, 3.8) is 0 Å². The van der Waals surface area contributed by atoms with Gasteiger partial charge in [-0.25, -0.2) is 4.39 Å². The van der Waals surface area contributed by atoms with Gasteiger partial charge >= 0.3 is 0 Å². The van der Waals surface area contributed by atoms with Crippen molar-refractivity contribution in [1.82, 2.24) is 0 Å². The largest absolute Gasteiger partial charge is 0.487 e. The van der Waals surface area contributed by atoms with E-state index in [1.54, 1.807) is 18.2 Å². The standard InChI is InChI=1S/C16H16Cl2FNO/c1-10-6-14(19)3-2-12(10)9-21-16-11(4-5-20)7-13(17)8-15(16)18/h2-3,6-8H,4-5,9,20H2,1H3. The van der Waals surface area contributed by atoms with Crippen molar-refractivity contribution in [1.29, 1.82) is 0 Å². The maximum absolute atomic E-state index is 13.1. The number of benzene rings is 2. The van der Waals surface area contributed by atoms with Gasteiger partial charge in [-0.2, -0.15) is 0 Å². The number of aryl methyl sites for hydroxylation is 1. The molecule has 0 aliphatic rings. The number of ether oxygens (including phenoxy) is 1. The summed E-state index contributed by atoms with van der Waals surface area (Å²) in [5.74, 6) is 0.319. The van der Waals surface area contributed by atoms with Crippen molar-refractivity contribution < 1.29 is 9.13 Å². The third kappa shape index (κ3) is 4.10. The Kier molecular flexibility index (Phi) is 5.45. The highest BCUT2D eigenvalue weighted by atomic mass is 35.5. The van der Waals surface area contributed by atoms with Crippen molar-refractivity contribution in [2.75, 3.05) is 6.54 Å². The predicted octanol–water partition coefficient (Wildman–Crippen LogP) is 4.52. The summed E-state index contributed by atoms with van der Waals surface area (Å²) in [6.45, 7) is 2.62. The van der Waals surface area contributed by atoms with Crippen LogP contribution in [0.1, 0.15) is 16.7 Å². The lowest BCUT2D eigenvalue weighted by Gasteiger charge is -2.14. The fourth-order valence-corrected chi connectivity index (χ4v) is 2.68. The van der Waals surface area contributed by atoms with Crippen LogP contribution in [0, 0.1) is 12.7 Å². The Bertz CT molecular complexity index is 646. The van der Waals surface area contributed by atoms with Gasteiger partial charge in [0, 0.05) is 5.02 Å². The van der Waals surface area contributed by atoms with E-state index in [1.807, 2.05) is 6.92 Å². The molecule has 0 aliphatic heterocycles. The lowest BCUT2D eigenvalue weighted by atomic mass is 10.1. The molecule has 2 aromatic rings. The van der Waals surface area contributed by atoms with E-state index in [0.717, 1.165) is 16.7 Å². The summed E-state index contributed by atoms with van der Waals surface area (Å²) >= 11 is 12.2. The fourth-order valence-electron chi connectivity index (χ4n) is 2.09. The molecule has 0 bridgehead atoms. The van der Waals surface area contributed by atoms with Crippen LogP contribution in [0.15, 0.2) is 30.3 Å². The van der Waals surface area contributed by atoms with Crippen LogP contribution in [0.4, 0.5) is 4.39 Å². The highest BCUT2D eigenvalue weighted by Crippen LogP contribution is 2.33. The molecule has 0 saturated carbocycles. The first-order chi connectivity index (χ1) is 10.0. The molecule has 0 radical (unpaired) electrons. The zero-order valence-corrected chi connectivity index (χ0v) is 13.1. The highest BCUT2D eigenvalue weighted by molar-refractivity contribution is 6.35. The molecule has 0 fully saturated rings. The van der Waals surface area contributed by atoms with Gasteiger partial charge in [0.05, 0.1) is 5.02 Å². The lowest BCUT2D eigenvalue weighted by Crippen LogP contribution is -2.06. The fraction of sp³-hybridized carbons (Fsp3) is 0.250. The number of hydrogen-bond acceptors (Lipinski definition) is 2. The summed E-state index contributed by atoms with van der Waals surface area (Å²) in [4.78, 5) is 0. The van der Waals surface area contributed by atoms with Gasteiger partial charge in [-0.1, -0.05) is 29.3 Å². The highest BCUT2D eigenvalue weighted by Gasteiger charge is 2.11. The maximum atomic E-state index is 13.1. The van der Waals surface area contributed by atoms with E-state index in [9.17, 15) is 4.39 Å². The van der Waals surface area contributed by atoms with Gasteiger partial charge in [0.25, 0.3) is 0 Å². The number of halogens is 3. The van der Waals surface area contributed by atoms with Crippen molar-refractivity contribution in [2.45, 2.75) is 20.0 Å². The number of nitrogens with two attached hydrogens (primary N) is 1. The Morgan fingerprint density at radius 3 is 2.57 bits per heavy atom. The van der Waals surface area contributed by atoms with Crippen LogP contribution < -0.4 is 10.5 Å². The normalized spacial score (nSPS) is 10.7. The molecule has 2 N–H and O–H groups in total. The van der Waals surface area contributed by atoms with Crippen LogP contribution in [-0.2, 0) is 13.0 Å². The van der Waals surface area contributed by atoms with Gasteiger partial charge < -0.3 is 10.5 Å². The van der Waals surface area contributed by atoms with E-state index in [4.69, 9.17) is 33.7 Å². The minimum Gasteiger partial charge on any atom is -0.487 e. The summed E-state index contributed by atoms with van der Waals surface area (Å²) in [5.41, 5.74) is 8.20. The van der Waals surface area contributed by atoms with Crippen molar-refractivity contribution in [3.05, 3.63) is 62.9 Å². The second kappa shape index (κ2) is 7.12. The summed E-state index contributed by atoms with van der Waals surface area (Å²) in [6.07, 6.45) is 0.623. The minimum absolute atomic E-state index is 0.260. The zero-order valence-electron chi connectivity index (χ0n) is 11.6. The van der Waals surface area contributed by atoms with Crippen LogP contribution in [0.5, 0.6) is 5.75 Å². The van der Waals surface area contributed by atoms with Crippen LogP contribution in [-0.4, -0.2) is 6.54 Å². The Hall–Kier alpha value is -1.29. The molecule has 2 rings (SSSR count). The third-order valence-corrected chi connectivity index (χ3v) is 3.67. The monoisotopic (exact) mass is 327 g/mol. The van der Waals surface area contributed by atoms with E-state index in [1.165, 1.54) is 12.1 Å². The lowest BCUT2D eigenvalue weighted by molar-refractivity contribution is 0.302. The molecule has 0 spiro atoms.